The Morgan fingerprint density at radius 3 is 2.41 bits per heavy atom. The fraction of sp³-hybridized carbons (Fsp3) is 0.778. The molecule has 124 valence electrons. The van der Waals surface area contributed by atoms with Crippen LogP contribution < -0.4 is 10.6 Å². The van der Waals surface area contributed by atoms with E-state index in [2.05, 4.69) is 30.6 Å². The van der Waals surface area contributed by atoms with Gasteiger partial charge in [-0.05, 0) is 50.9 Å². The zero-order valence-corrected chi connectivity index (χ0v) is 14.0. The van der Waals surface area contributed by atoms with E-state index in [0.717, 1.165) is 19.4 Å². The van der Waals surface area contributed by atoms with Gasteiger partial charge in [0.15, 0.2) is 0 Å². The Morgan fingerprint density at radius 2 is 1.82 bits per heavy atom. The lowest BCUT2D eigenvalue weighted by molar-refractivity contribution is -0.127. The number of carbonyl (C=O) groups is 2. The lowest BCUT2D eigenvalue weighted by Crippen LogP contribution is -2.31. The third-order valence-electron chi connectivity index (χ3n) is 4.62. The van der Waals surface area contributed by atoms with E-state index in [9.17, 15) is 9.59 Å². The van der Waals surface area contributed by atoms with Crippen LogP contribution in [0.25, 0.3) is 0 Å². The molecule has 4 heteroatoms. The Kier molecular flexibility index (Phi) is 6.47. The van der Waals surface area contributed by atoms with Crippen LogP contribution in [0.15, 0.2) is 11.6 Å². The smallest absolute Gasteiger partial charge is 0.223 e. The molecule has 2 aliphatic rings. The number of hydrogen-bond acceptors (Lipinski definition) is 2. The van der Waals surface area contributed by atoms with E-state index in [1.165, 1.54) is 31.3 Å². The molecular formula is C18H30N2O2. The summed E-state index contributed by atoms with van der Waals surface area (Å²) in [5.41, 5.74) is 1.48. The molecule has 0 spiro atoms. The fourth-order valence-corrected chi connectivity index (χ4v) is 3.00. The molecule has 2 N–H and O–H groups in total. The van der Waals surface area contributed by atoms with Gasteiger partial charge in [-0.2, -0.15) is 0 Å². The van der Waals surface area contributed by atoms with Gasteiger partial charge < -0.3 is 10.6 Å². The van der Waals surface area contributed by atoms with Crippen LogP contribution in [0.1, 0.15) is 58.8 Å². The van der Waals surface area contributed by atoms with Gasteiger partial charge in [-0.1, -0.05) is 25.5 Å². The largest absolute Gasteiger partial charge is 0.356 e. The van der Waals surface area contributed by atoms with Crippen molar-refractivity contribution in [1.29, 1.82) is 0 Å². The summed E-state index contributed by atoms with van der Waals surface area (Å²) in [4.78, 5) is 24.0. The highest BCUT2D eigenvalue weighted by molar-refractivity contribution is 5.92. The van der Waals surface area contributed by atoms with Crippen LogP contribution in [0.3, 0.4) is 0 Å². The summed E-state index contributed by atoms with van der Waals surface area (Å²) in [5.74, 6) is 0.504. The van der Waals surface area contributed by atoms with Crippen molar-refractivity contribution in [3.05, 3.63) is 11.6 Å². The maximum absolute atomic E-state index is 12.0. The first-order chi connectivity index (χ1) is 10.6. The minimum atomic E-state index is -0.0978. The van der Waals surface area contributed by atoms with Crippen molar-refractivity contribution in [2.45, 2.75) is 58.8 Å². The predicted molar refractivity (Wildman–Crippen MR) is 88.2 cm³/mol. The Labute approximate surface area is 134 Å². The van der Waals surface area contributed by atoms with Crippen LogP contribution in [0.5, 0.6) is 0 Å². The van der Waals surface area contributed by atoms with E-state index >= 15 is 0 Å². The maximum atomic E-state index is 12.0. The normalized spacial score (nSPS) is 23.9. The summed E-state index contributed by atoms with van der Waals surface area (Å²) in [7, 11) is 0. The van der Waals surface area contributed by atoms with E-state index in [-0.39, 0.29) is 23.7 Å². The first-order valence-corrected chi connectivity index (χ1v) is 8.81. The molecule has 1 saturated carbocycles. The molecular weight excluding hydrogens is 276 g/mol. The van der Waals surface area contributed by atoms with Crippen LogP contribution >= 0.6 is 0 Å². The molecule has 0 saturated heterocycles. The molecule has 0 aliphatic heterocycles. The fourth-order valence-electron chi connectivity index (χ4n) is 3.00. The second-order valence-electron chi connectivity index (χ2n) is 7.07. The highest BCUT2D eigenvalue weighted by Crippen LogP contribution is 2.38. The van der Waals surface area contributed by atoms with E-state index in [1.54, 1.807) is 0 Å². The highest BCUT2D eigenvalue weighted by atomic mass is 16.2. The van der Waals surface area contributed by atoms with Gasteiger partial charge in [0.2, 0.25) is 11.8 Å². The van der Waals surface area contributed by atoms with Gasteiger partial charge >= 0.3 is 0 Å². The van der Waals surface area contributed by atoms with E-state index in [4.69, 9.17) is 0 Å². The van der Waals surface area contributed by atoms with E-state index in [0.29, 0.717) is 18.9 Å². The van der Waals surface area contributed by atoms with Gasteiger partial charge in [0, 0.05) is 13.1 Å². The molecule has 2 atom stereocenters. The molecule has 4 nitrogen and oxygen atoms in total. The topological polar surface area (TPSA) is 58.2 Å². The third-order valence-corrected chi connectivity index (χ3v) is 4.62. The van der Waals surface area contributed by atoms with Gasteiger partial charge in [-0.3, -0.25) is 9.59 Å². The molecule has 2 rings (SSSR count). The van der Waals surface area contributed by atoms with Crippen LogP contribution in [0.2, 0.25) is 0 Å². The van der Waals surface area contributed by atoms with Gasteiger partial charge in [-0.25, -0.2) is 0 Å². The van der Waals surface area contributed by atoms with Crippen molar-refractivity contribution in [3.8, 4) is 0 Å². The average Bonchev–Trinajstić information content (AvgIpc) is 3.28. The van der Waals surface area contributed by atoms with Crippen LogP contribution in [0, 0.1) is 17.8 Å². The Balaban J connectivity index is 1.59. The lowest BCUT2D eigenvalue weighted by Gasteiger charge is -2.13. The molecule has 22 heavy (non-hydrogen) atoms. The number of hydrogen-bond donors (Lipinski definition) is 2. The predicted octanol–water partition coefficient (Wildman–Crippen LogP) is 2.79. The summed E-state index contributed by atoms with van der Waals surface area (Å²) in [6.45, 7) is 5.71. The molecule has 0 heterocycles. The SMILES string of the molecule is CC(C)CCNC(=O)C1CC1C(=O)NCCC1=CCCCC1. The van der Waals surface area contributed by atoms with Crippen molar-refractivity contribution in [3.63, 3.8) is 0 Å². The molecule has 0 aromatic heterocycles. The third kappa shape index (κ3) is 5.47. The van der Waals surface area contributed by atoms with E-state index in [1.807, 2.05) is 0 Å². The first-order valence-electron chi connectivity index (χ1n) is 8.81. The summed E-state index contributed by atoms with van der Waals surface area (Å²) < 4.78 is 0. The number of amides is 2. The summed E-state index contributed by atoms with van der Waals surface area (Å²) in [6.07, 6.45) is 9.92. The molecule has 2 amide bonds. The first kappa shape index (κ1) is 17.0. The number of carbonyl (C=O) groups excluding carboxylic acids is 2. The van der Waals surface area contributed by atoms with Crippen molar-refractivity contribution in [2.75, 3.05) is 13.1 Å². The minimum absolute atomic E-state index is 0.0517. The van der Waals surface area contributed by atoms with Gasteiger partial charge in [0.25, 0.3) is 0 Å². The molecule has 0 bridgehead atoms. The maximum Gasteiger partial charge on any atom is 0.223 e. The Hall–Kier alpha value is -1.32. The van der Waals surface area contributed by atoms with Gasteiger partial charge in [-0.15, -0.1) is 0 Å². The molecule has 2 unspecified atom stereocenters. The molecule has 0 aromatic carbocycles. The van der Waals surface area contributed by atoms with Gasteiger partial charge in [0.1, 0.15) is 0 Å². The summed E-state index contributed by atoms with van der Waals surface area (Å²) in [5, 5.41) is 5.93. The lowest BCUT2D eigenvalue weighted by atomic mass is 9.97. The minimum Gasteiger partial charge on any atom is -0.356 e. The average molecular weight is 306 g/mol. The Morgan fingerprint density at radius 1 is 1.14 bits per heavy atom. The highest BCUT2D eigenvalue weighted by Gasteiger charge is 2.47. The number of allylic oxidation sites excluding steroid dienone is 1. The standard InChI is InChI=1S/C18H30N2O2/c1-13(2)8-10-19-17(21)15-12-16(15)18(22)20-11-9-14-6-4-3-5-7-14/h6,13,15-16H,3-5,7-12H2,1-2H3,(H,19,21)(H,20,22). The van der Waals surface area contributed by atoms with Gasteiger partial charge in [0.05, 0.1) is 11.8 Å². The Bertz CT molecular complexity index is 429. The van der Waals surface area contributed by atoms with Crippen molar-refractivity contribution < 1.29 is 9.59 Å². The van der Waals surface area contributed by atoms with Crippen molar-refractivity contribution >= 4 is 11.8 Å². The number of rotatable bonds is 8. The quantitative estimate of drug-likeness (QED) is 0.678. The summed E-state index contributed by atoms with van der Waals surface area (Å²) >= 11 is 0. The van der Waals surface area contributed by atoms with Crippen LogP contribution in [-0.4, -0.2) is 24.9 Å². The van der Waals surface area contributed by atoms with E-state index < -0.39 is 0 Å². The molecule has 0 aromatic rings. The molecule has 1 fully saturated rings. The summed E-state index contributed by atoms with van der Waals surface area (Å²) in [6, 6.07) is 0. The van der Waals surface area contributed by atoms with Crippen LogP contribution in [-0.2, 0) is 9.59 Å². The van der Waals surface area contributed by atoms with Crippen LogP contribution in [0.4, 0.5) is 0 Å². The molecule has 0 radical (unpaired) electrons. The second-order valence-corrected chi connectivity index (χ2v) is 7.07. The second kappa shape index (κ2) is 8.35. The zero-order valence-electron chi connectivity index (χ0n) is 14.0. The van der Waals surface area contributed by atoms with Crippen molar-refractivity contribution in [1.82, 2.24) is 10.6 Å². The zero-order chi connectivity index (χ0) is 15.9. The van der Waals surface area contributed by atoms with Crippen molar-refractivity contribution in [2.24, 2.45) is 17.8 Å². The molecule has 2 aliphatic carbocycles. The number of nitrogens with one attached hydrogen (secondary N) is 2. The monoisotopic (exact) mass is 306 g/mol.